The first-order chi connectivity index (χ1) is 14.3. The molecular formula is C23H24N4O3. The lowest BCUT2D eigenvalue weighted by Crippen LogP contribution is -2.31. The molecular weight excluding hydrogens is 380 g/mol. The summed E-state index contributed by atoms with van der Waals surface area (Å²) in [4.78, 5) is 12.0. The molecule has 0 bridgehead atoms. The quantitative estimate of drug-likeness (QED) is 0.682. The highest BCUT2D eigenvalue weighted by Crippen LogP contribution is 2.52. The average molecular weight is 404 g/mol. The Balaban J connectivity index is 1.63. The zero-order valence-corrected chi connectivity index (χ0v) is 17.2. The fourth-order valence-electron chi connectivity index (χ4n) is 3.80. The number of nitrogens with one attached hydrogen (secondary N) is 1. The van der Waals surface area contributed by atoms with E-state index in [-0.39, 0.29) is 11.4 Å². The lowest BCUT2D eigenvalue weighted by Gasteiger charge is -2.34. The van der Waals surface area contributed by atoms with Gasteiger partial charge in [-0.15, -0.1) is 0 Å². The molecule has 154 valence electrons. The molecule has 0 fully saturated rings. The second-order valence-corrected chi connectivity index (χ2v) is 8.88. The molecule has 1 spiro atoms. The van der Waals surface area contributed by atoms with Gasteiger partial charge in [-0.2, -0.15) is 0 Å². The van der Waals surface area contributed by atoms with Gasteiger partial charge in [0.25, 0.3) is 6.02 Å². The average Bonchev–Trinajstić information content (AvgIpc) is 3.37. The fraction of sp³-hybridized carbons (Fsp3) is 0.304. The number of ether oxygens (including phenoxy) is 3. The number of H-pyrrole nitrogens is 1. The van der Waals surface area contributed by atoms with E-state index in [1.165, 1.54) is 0 Å². The molecule has 7 heteroatoms. The minimum absolute atomic E-state index is 0.0503. The normalized spacial score (nSPS) is 19.5. The summed E-state index contributed by atoms with van der Waals surface area (Å²) in [5.74, 6) is 2.22. The largest absolute Gasteiger partial charge is 0.493 e. The van der Waals surface area contributed by atoms with E-state index in [1.54, 1.807) is 12.5 Å². The van der Waals surface area contributed by atoms with Crippen LogP contribution in [0, 0.1) is 5.41 Å². The minimum Gasteiger partial charge on any atom is -0.493 e. The van der Waals surface area contributed by atoms with Crippen LogP contribution in [0.25, 0.3) is 11.3 Å². The van der Waals surface area contributed by atoms with Gasteiger partial charge in [-0.1, -0.05) is 20.8 Å². The van der Waals surface area contributed by atoms with Crippen LogP contribution in [0.4, 0.5) is 0 Å². The monoisotopic (exact) mass is 404 g/mol. The Bertz CT molecular complexity index is 1130. The Morgan fingerprint density at radius 3 is 2.57 bits per heavy atom. The minimum atomic E-state index is -0.788. The van der Waals surface area contributed by atoms with Crippen LogP contribution in [0.2, 0.25) is 0 Å². The van der Waals surface area contributed by atoms with E-state index in [0.717, 1.165) is 39.6 Å². The van der Waals surface area contributed by atoms with Crippen molar-refractivity contribution >= 4 is 6.02 Å². The number of aromatic amines is 1. The van der Waals surface area contributed by atoms with Crippen LogP contribution in [-0.2, 0) is 10.3 Å². The fourth-order valence-corrected chi connectivity index (χ4v) is 3.80. The van der Waals surface area contributed by atoms with Crippen LogP contribution in [0.15, 0.2) is 53.9 Å². The van der Waals surface area contributed by atoms with E-state index in [0.29, 0.717) is 13.2 Å². The highest BCUT2D eigenvalue weighted by molar-refractivity contribution is 5.77. The summed E-state index contributed by atoms with van der Waals surface area (Å²) in [6.07, 6.45) is 3.44. The molecule has 7 nitrogen and oxygen atoms in total. The molecule has 3 heterocycles. The van der Waals surface area contributed by atoms with E-state index in [9.17, 15) is 0 Å². The van der Waals surface area contributed by atoms with Gasteiger partial charge in [-0.25, -0.2) is 9.98 Å². The molecule has 2 aliphatic rings. The zero-order valence-electron chi connectivity index (χ0n) is 17.2. The van der Waals surface area contributed by atoms with Gasteiger partial charge in [0.1, 0.15) is 23.9 Å². The van der Waals surface area contributed by atoms with E-state index < -0.39 is 5.54 Å². The summed E-state index contributed by atoms with van der Waals surface area (Å²) in [7, 11) is 0. The standard InChI is InChI=1S/C23H24N4O3/c1-22(2,3)11-28-15-5-7-20-17(9-15)23(12-29-21(24)27-23)16-8-14(4-6-19(16)30-20)18-10-25-13-26-18/h4-10,13H,11-12H2,1-3H3,(H2,24,27)(H,25,26)/t23-/m0/s1. The molecule has 3 aromatic rings. The maximum atomic E-state index is 6.23. The molecule has 5 rings (SSSR count). The maximum absolute atomic E-state index is 6.23. The predicted molar refractivity (Wildman–Crippen MR) is 114 cm³/mol. The molecule has 3 N–H and O–H groups in total. The first kappa shape index (κ1) is 18.5. The molecule has 0 amide bonds. The second kappa shape index (κ2) is 6.52. The Kier molecular flexibility index (Phi) is 4.03. The number of hydrogen-bond acceptors (Lipinski definition) is 6. The van der Waals surface area contributed by atoms with Crippen molar-refractivity contribution in [1.29, 1.82) is 0 Å². The summed E-state index contributed by atoms with van der Waals surface area (Å²) >= 11 is 0. The molecule has 30 heavy (non-hydrogen) atoms. The summed E-state index contributed by atoms with van der Waals surface area (Å²) in [6.45, 7) is 7.32. The van der Waals surface area contributed by atoms with Crippen molar-refractivity contribution in [2.24, 2.45) is 16.1 Å². The molecule has 2 aromatic carbocycles. The SMILES string of the molecule is CC(C)(C)COc1ccc2c(c1)[C@]1(COC(N)=N1)c1cc(-c3cnc[nH]3)ccc1O2. The van der Waals surface area contributed by atoms with Gasteiger partial charge >= 0.3 is 0 Å². The van der Waals surface area contributed by atoms with Gasteiger partial charge in [0.15, 0.2) is 5.54 Å². The molecule has 1 atom stereocenters. The highest BCUT2D eigenvalue weighted by atomic mass is 16.5. The number of aromatic nitrogens is 2. The first-order valence-corrected chi connectivity index (χ1v) is 9.91. The van der Waals surface area contributed by atoms with Gasteiger partial charge in [0.05, 0.1) is 24.8 Å². The topological polar surface area (TPSA) is 94.8 Å². The van der Waals surface area contributed by atoms with Gasteiger partial charge in [-0.05, 0) is 41.8 Å². The number of imidazole rings is 1. The molecule has 0 aliphatic carbocycles. The van der Waals surface area contributed by atoms with Crippen LogP contribution >= 0.6 is 0 Å². The van der Waals surface area contributed by atoms with Crippen molar-refractivity contribution in [1.82, 2.24) is 9.97 Å². The second-order valence-electron chi connectivity index (χ2n) is 8.88. The third kappa shape index (κ3) is 3.07. The molecule has 0 unspecified atom stereocenters. The number of amidine groups is 1. The smallest absolute Gasteiger partial charge is 0.283 e. The lowest BCUT2D eigenvalue weighted by atomic mass is 9.80. The number of fused-ring (bicyclic) bond motifs is 4. The van der Waals surface area contributed by atoms with Crippen molar-refractivity contribution in [2.75, 3.05) is 13.2 Å². The molecule has 0 saturated carbocycles. The number of rotatable bonds is 3. The van der Waals surface area contributed by atoms with Crippen LogP contribution < -0.4 is 15.2 Å². The number of hydrogen-bond donors (Lipinski definition) is 2. The summed E-state index contributed by atoms with van der Waals surface area (Å²) in [5, 5.41) is 0. The van der Waals surface area contributed by atoms with Crippen molar-refractivity contribution < 1.29 is 14.2 Å². The highest BCUT2D eigenvalue weighted by Gasteiger charge is 2.47. The Labute approximate surface area is 174 Å². The van der Waals surface area contributed by atoms with Crippen molar-refractivity contribution in [3.05, 3.63) is 60.0 Å². The summed E-state index contributed by atoms with van der Waals surface area (Å²) < 4.78 is 17.9. The van der Waals surface area contributed by atoms with Gasteiger partial charge in [-0.3, -0.25) is 0 Å². The Morgan fingerprint density at radius 1 is 1.13 bits per heavy atom. The van der Waals surface area contributed by atoms with Crippen LogP contribution in [0.3, 0.4) is 0 Å². The molecule has 0 saturated heterocycles. The van der Waals surface area contributed by atoms with Crippen molar-refractivity contribution in [3.63, 3.8) is 0 Å². The zero-order chi connectivity index (χ0) is 20.9. The van der Waals surface area contributed by atoms with Gasteiger partial charge in [0, 0.05) is 16.7 Å². The Hall–Kier alpha value is -3.48. The van der Waals surface area contributed by atoms with Crippen molar-refractivity contribution in [2.45, 2.75) is 26.3 Å². The number of nitrogens with zero attached hydrogens (tertiary/aromatic N) is 2. The van der Waals surface area contributed by atoms with E-state index in [1.807, 2.05) is 30.3 Å². The summed E-state index contributed by atoms with van der Waals surface area (Å²) in [5.41, 5.74) is 8.92. The third-order valence-corrected chi connectivity index (χ3v) is 5.25. The molecule has 0 radical (unpaired) electrons. The third-order valence-electron chi connectivity index (χ3n) is 5.25. The van der Waals surface area contributed by atoms with Crippen LogP contribution in [0.1, 0.15) is 31.9 Å². The predicted octanol–water partition coefficient (Wildman–Crippen LogP) is 4.20. The van der Waals surface area contributed by atoms with Gasteiger partial charge in [0.2, 0.25) is 0 Å². The van der Waals surface area contributed by atoms with Crippen LogP contribution in [-0.4, -0.2) is 29.2 Å². The van der Waals surface area contributed by atoms with E-state index >= 15 is 0 Å². The molecule has 1 aromatic heterocycles. The lowest BCUT2D eigenvalue weighted by molar-refractivity contribution is 0.197. The molecule has 2 aliphatic heterocycles. The van der Waals surface area contributed by atoms with Crippen molar-refractivity contribution in [3.8, 4) is 28.5 Å². The summed E-state index contributed by atoms with van der Waals surface area (Å²) in [6, 6.07) is 12.0. The van der Waals surface area contributed by atoms with Gasteiger partial charge < -0.3 is 24.9 Å². The van der Waals surface area contributed by atoms with E-state index in [2.05, 4.69) is 36.8 Å². The number of benzene rings is 2. The maximum Gasteiger partial charge on any atom is 0.283 e. The first-order valence-electron chi connectivity index (χ1n) is 9.91. The number of nitrogens with two attached hydrogens (primary N) is 1. The van der Waals surface area contributed by atoms with E-state index in [4.69, 9.17) is 24.9 Å². The number of aliphatic imine (C=N–C) groups is 1. The Morgan fingerprint density at radius 2 is 1.90 bits per heavy atom. The van der Waals surface area contributed by atoms with Crippen LogP contribution in [0.5, 0.6) is 17.2 Å².